The molecular weight excluding hydrogens is 120 g/mol. The van der Waals surface area contributed by atoms with E-state index in [0.29, 0.717) is 0 Å². The fraction of sp³-hybridized carbons (Fsp3) is 0.400. The molecule has 3 heteroatoms. The number of thioether (sulfide) groups is 1. The summed E-state index contributed by atoms with van der Waals surface area (Å²) in [5.74, 6) is 3.40. The van der Waals surface area contributed by atoms with Crippen molar-refractivity contribution in [1.29, 1.82) is 0 Å². The van der Waals surface area contributed by atoms with Crippen LogP contribution in [-0.4, -0.2) is 22.0 Å². The lowest BCUT2D eigenvalue weighted by Crippen LogP contribution is -2.12. The average Bonchev–Trinajstić information content (AvgIpc) is 2.15. The first-order valence-electron chi connectivity index (χ1n) is 2.54. The van der Waals surface area contributed by atoms with Crippen LogP contribution >= 0.6 is 11.8 Å². The van der Waals surface area contributed by atoms with Gasteiger partial charge in [0.25, 0.3) is 0 Å². The number of nitrogens with zero attached hydrogens (tertiary/aromatic N) is 2. The maximum Gasteiger partial charge on any atom is 0.309 e. The molecule has 2 rings (SSSR count). The zero-order chi connectivity index (χ0) is 5.40. The molecule has 0 N–H and O–H groups in total. The van der Waals surface area contributed by atoms with E-state index in [1.807, 2.05) is 24.2 Å². The van der Waals surface area contributed by atoms with E-state index in [2.05, 4.69) is 9.89 Å². The SMILES string of the molecule is C1=C[N+]2=C(CSC2)[N]1. The van der Waals surface area contributed by atoms with E-state index in [4.69, 9.17) is 0 Å². The first-order chi connectivity index (χ1) is 3.97. The van der Waals surface area contributed by atoms with Crippen molar-refractivity contribution < 1.29 is 4.58 Å². The van der Waals surface area contributed by atoms with Gasteiger partial charge in [-0.1, -0.05) is 0 Å². The number of amidine groups is 1. The second-order valence-electron chi connectivity index (χ2n) is 1.79. The highest BCUT2D eigenvalue weighted by molar-refractivity contribution is 8.00. The van der Waals surface area contributed by atoms with Gasteiger partial charge >= 0.3 is 5.84 Å². The van der Waals surface area contributed by atoms with Crippen molar-refractivity contribution in [3.05, 3.63) is 12.4 Å². The van der Waals surface area contributed by atoms with E-state index in [1.165, 1.54) is 5.84 Å². The summed E-state index contributed by atoms with van der Waals surface area (Å²) < 4.78 is 2.17. The summed E-state index contributed by atoms with van der Waals surface area (Å²) in [4.78, 5) is 0. The van der Waals surface area contributed by atoms with Crippen molar-refractivity contribution in [1.82, 2.24) is 5.32 Å². The van der Waals surface area contributed by atoms with Gasteiger partial charge in [0.1, 0.15) is 17.8 Å². The van der Waals surface area contributed by atoms with Gasteiger partial charge in [-0.25, -0.2) is 4.58 Å². The first-order valence-corrected chi connectivity index (χ1v) is 3.70. The molecule has 0 bridgehead atoms. The fourth-order valence-electron chi connectivity index (χ4n) is 0.833. The molecule has 0 spiro atoms. The smallest absolute Gasteiger partial charge is 0.221 e. The van der Waals surface area contributed by atoms with Gasteiger partial charge in [0.15, 0.2) is 6.20 Å². The molecule has 8 heavy (non-hydrogen) atoms. The third-order valence-corrected chi connectivity index (χ3v) is 2.19. The van der Waals surface area contributed by atoms with Crippen LogP contribution in [-0.2, 0) is 0 Å². The highest BCUT2D eigenvalue weighted by Gasteiger charge is 2.25. The molecule has 2 aliphatic heterocycles. The second kappa shape index (κ2) is 1.52. The van der Waals surface area contributed by atoms with Gasteiger partial charge in [0.05, 0.1) is 0 Å². The zero-order valence-electron chi connectivity index (χ0n) is 4.37. The van der Waals surface area contributed by atoms with E-state index >= 15 is 0 Å². The molecule has 2 nitrogen and oxygen atoms in total. The van der Waals surface area contributed by atoms with Crippen LogP contribution in [0.5, 0.6) is 0 Å². The van der Waals surface area contributed by atoms with Gasteiger partial charge in [-0.3, -0.25) is 0 Å². The van der Waals surface area contributed by atoms with Crippen LogP contribution in [0.15, 0.2) is 12.4 Å². The van der Waals surface area contributed by atoms with Crippen LogP contribution in [0.1, 0.15) is 0 Å². The maximum atomic E-state index is 4.14. The normalized spacial score (nSPS) is 24.0. The van der Waals surface area contributed by atoms with Crippen LogP contribution in [0, 0.1) is 0 Å². The summed E-state index contributed by atoms with van der Waals surface area (Å²) in [7, 11) is 0. The Labute approximate surface area is 52.3 Å². The Balaban J connectivity index is 2.33. The highest BCUT2D eigenvalue weighted by atomic mass is 32.2. The van der Waals surface area contributed by atoms with Crippen molar-refractivity contribution in [3.8, 4) is 0 Å². The lowest BCUT2D eigenvalue weighted by Gasteiger charge is -1.81. The van der Waals surface area contributed by atoms with Gasteiger partial charge in [-0.15, -0.1) is 11.8 Å². The molecule has 0 aromatic rings. The van der Waals surface area contributed by atoms with E-state index in [1.54, 1.807) is 0 Å². The molecule has 2 aliphatic rings. The molecule has 0 aliphatic carbocycles. The Morgan fingerprint density at radius 2 is 2.75 bits per heavy atom. The van der Waals surface area contributed by atoms with E-state index in [9.17, 15) is 0 Å². The van der Waals surface area contributed by atoms with Crippen molar-refractivity contribution in [2.75, 3.05) is 11.6 Å². The summed E-state index contributed by atoms with van der Waals surface area (Å²) in [5, 5.41) is 4.14. The maximum absolute atomic E-state index is 4.14. The number of rotatable bonds is 0. The predicted octanol–water partition coefficient (Wildman–Crippen LogP) is 0.191. The van der Waals surface area contributed by atoms with Crippen LogP contribution in [0.25, 0.3) is 0 Å². The predicted molar refractivity (Wildman–Crippen MR) is 33.9 cm³/mol. The Morgan fingerprint density at radius 1 is 1.75 bits per heavy atom. The highest BCUT2D eigenvalue weighted by Crippen LogP contribution is 2.12. The fourth-order valence-corrected chi connectivity index (χ4v) is 1.78. The van der Waals surface area contributed by atoms with Crippen molar-refractivity contribution in [2.45, 2.75) is 0 Å². The third-order valence-electron chi connectivity index (χ3n) is 1.26. The Hall–Kier alpha value is -0.440. The Morgan fingerprint density at radius 3 is 3.62 bits per heavy atom. The second-order valence-corrected chi connectivity index (χ2v) is 2.75. The van der Waals surface area contributed by atoms with Gasteiger partial charge in [-0.05, 0) is 5.32 Å². The minimum atomic E-state index is 1.09. The average molecular weight is 126 g/mol. The molecule has 0 saturated heterocycles. The number of hydrogen-bond donors (Lipinski definition) is 0. The van der Waals surface area contributed by atoms with Gasteiger partial charge in [0, 0.05) is 0 Å². The van der Waals surface area contributed by atoms with E-state index < -0.39 is 0 Å². The van der Waals surface area contributed by atoms with Crippen LogP contribution in [0.2, 0.25) is 0 Å². The molecule has 0 fully saturated rings. The van der Waals surface area contributed by atoms with Crippen LogP contribution in [0.3, 0.4) is 0 Å². The lowest BCUT2D eigenvalue weighted by molar-refractivity contribution is -0.427. The number of hydrogen-bond acceptors (Lipinski definition) is 1. The van der Waals surface area contributed by atoms with E-state index in [0.717, 1.165) is 11.6 Å². The summed E-state index contributed by atoms with van der Waals surface area (Å²) in [6, 6.07) is 0. The lowest BCUT2D eigenvalue weighted by atomic mass is 10.7. The minimum Gasteiger partial charge on any atom is -0.221 e. The Bertz CT molecular complexity index is 171. The van der Waals surface area contributed by atoms with Gasteiger partial charge in [0.2, 0.25) is 0 Å². The van der Waals surface area contributed by atoms with Crippen molar-refractivity contribution in [3.63, 3.8) is 0 Å². The topological polar surface area (TPSA) is 17.1 Å². The first kappa shape index (κ1) is 4.44. The minimum absolute atomic E-state index is 1.09. The van der Waals surface area contributed by atoms with Gasteiger partial charge < -0.3 is 0 Å². The summed E-state index contributed by atoms with van der Waals surface area (Å²) in [6.07, 6.45) is 3.88. The quantitative estimate of drug-likeness (QED) is 0.423. The molecule has 0 amide bonds. The zero-order valence-corrected chi connectivity index (χ0v) is 5.19. The summed E-state index contributed by atoms with van der Waals surface area (Å²) >= 11 is 1.91. The molecule has 1 radical (unpaired) electrons. The molecule has 0 saturated carbocycles. The van der Waals surface area contributed by atoms with Crippen molar-refractivity contribution in [2.24, 2.45) is 0 Å². The standard InChI is InChI=1S/C5H6N2S/c1-2-7-4-8-3-5(7)6-1/h1-2H,3-4H2/q+1. The molecule has 0 aromatic carbocycles. The van der Waals surface area contributed by atoms with E-state index in [-0.39, 0.29) is 0 Å². The molecule has 41 valence electrons. The Kier molecular flexibility index (Phi) is 0.842. The van der Waals surface area contributed by atoms with Gasteiger partial charge in [-0.2, -0.15) is 0 Å². The largest absolute Gasteiger partial charge is 0.309 e. The van der Waals surface area contributed by atoms with Crippen LogP contribution in [0.4, 0.5) is 0 Å². The molecule has 0 atom stereocenters. The van der Waals surface area contributed by atoms with Crippen molar-refractivity contribution >= 4 is 17.6 Å². The summed E-state index contributed by atoms with van der Waals surface area (Å²) in [6.45, 7) is 0. The molecule has 2 heterocycles. The third kappa shape index (κ3) is 0.478. The molecule has 0 unspecified atom stereocenters. The van der Waals surface area contributed by atoms with Crippen LogP contribution < -0.4 is 5.32 Å². The molecular formula is C5H6N2S+. The summed E-state index contributed by atoms with van der Waals surface area (Å²) in [5.41, 5.74) is 0. The monoisotopic (exact) mass is 126 g/mol. The molecule has 0 aromatic heterocycles.